The second-order valence-electron chi connectivity index (χ2n) is 3.15. The molecule has 0 saturated carbocycles. The molecule has 1 heterocycles. The molecule has 1 amide bonds. The zero-order valence-electron chi connectivity index (χ0n) is 9.49. The predicted molar refractivity (Wildman–Crippen MR) is 64.9 cm³/mol. The fourth-order valence-electron chi connectivity index (χ4n) is 1.04. The molecular weight excluding hydrogens is 228 g/mol. The Morgan fingerprint density at radius 1 is 1.31 bits per heavy atom. The molecule has 0 bridgehead atoms. The van der Waals surface area contributed by atoms with Gasteiger partial charge in [-0.2, -0.15) is 0 Å². The molecule has 6 heteroatoms. The van der Waals surface area contributed by atoms with E-state index in [0.717, 1.165) is 18.8 Å². The maximum atomic E-state index is 11.5. The predicted octanol–water partition coefficient (Wildman–Crippen LogP) is 0.546. The van der Waals surface area contributed by atoms with E-state index in [1.807, 2.05) is 13.8 Å². The number of aromatic nitrogens is 2. The van der Waals surface area contributed by atoms with Crippen LogP contribution in [0.5, 0.6) is 0 Å². The van der Waals surface area contributed by atoms with E-state index in [2.05, 4.69) is 20.6 Å². The first-order valence-corrected chi connectivity index (χ1v) is 5.01. The molecule has 0 atom stereocenters. The Kier molecular flexibility index (Phi) is 7.41. The van der Waals surface area contributed by atoms with Crippen LogP contribution in [0, 0.1) is 6.92 Å². The molecule has 2 N–H and O–H groups in total. The molecule has 0 aliphatic heterocycles. The van der Waals surface area contributed by atoms with E-state index in [9.17, 15) is 4.79 Å². The summed E-state index contributed by atoms with van der Waals surface area (Å²) in [5, 5.41) is 5.86. The molecule has 0 aliphatic rings. The summed E-state index contributed by atoms with van der Waals surface area (Å²) in [6.07, 6.45) is 3.07. The molecular formula is C10H17ClN4O. The average molecular weight is 245 g/mol. The fourth-order valence-corrected chi connectivity index (χ4v) is 1.04. The van der Waals surface area contributed by atoms with Crippen molar-refractivity contribution < 1.29 is 4.79 Å². The highest BCUT2D eigenvalue weighted by Crippen LogP contribution is 1.93. The summed E-state index contributed by atoms with van der Waals surface area (Å²) in [4.78, 5) is 19.5. The first-order valence-electron chi connectivity index (χ1n) is 5.01. The van der Waals surface area contributed by atoms with Crippen molar-refractivity contribution in [2.24, 2.45) is 0 Å². The minimum atomic E-state index is -0.180. The lowest BCUT2D eigenvalue weighted by atomic mass is 10.4. The van der Waals surface area contributed by atoms with Crippen LogP contribution < -0.4 is 10.6 Å². The third kappa shape index (κ3) is 5.04. The molecule has 1 rings (SSSR count). The number of nitrogens with one attached hydrogen (secondary N) is 2. The lowest BCUT2D eigenvalue weighted by Crippen LogP contribution is -2.32. The maximum absolute atomic E-state index is 11.5. The summed E-state index contributed by atoms with van der Waals surface area (Å²) in [7, 11) is 0. The zero-order chi connectivity index (χ0) is 11.1. The number of carbonyl (C=O) groups is 1. The van der Waals surface area contributed by atoms with Crippen LogP contribution >= 0.6 is 12.4 Å². The van der Waals surface area contributed by atoms with Crippen LogP contribution in [-0.2, 0) is 0 Å². The average Bonchev–Trinajstić information content (AvgIpc) is 2.25. The molecule has 5 nitrogen and oxygen atoms in total. The second-order valence-corrected chi connectivity index (χ2v) is 3.15. The SMILES string of the molecule is CCNCCNC(=O)c1cnc(C)cn1.Cl. The van der Waals surface area contributed by atoms with Gasteiger partial charge in [-0.05, 0) is 13.5 Å². The molecule has 1 aromatic heterocycles. The highest BCUT2D eigenvalue weighted by Gasteiger charge is 2.05. The highest BCUT2D eigenvalue weighted by atomic mass is 35.5. The van der Waals surface area contributed by atoms with Crippen LogP contribution in [-0.4, -0.2) is 35.5 Å². The van der Waals surface area contributed by atoms with Gasteiger partial charge in [0, 0.05) is 19.3 Å². The van der Waals surface area contributed by atoms with E-state index < -0.39 is 0 Å². The standard InChI is InChI=1S/C10H16N4O.ClH/c1-3-11-4-5-12-10(15)9-7-13-8(2)6-14-9;/h6-7,11H,3-5H2,1-2H3,(H,12,15);1H. The largest absolute Gasteiger partial charge is 0.349 e. The number of rotatable bonds is 5. The van der Waals surface area contributed by atoms with Gasteiger partial charge in [-0.1, -0.05) is 6.92 Å². The van der Waals surface area contributed by atoms with Gasteiger partial charge < -0.3 is 10.6 Å². The number of hydrogen-bond donors (Lipinski definition) is 2. The normalized spacial score (nSPS) is 9.38. The van der Waals surface area contributed by atoms with Gasteiger partial charge in [0.2, 0.25) is 0 Å². The van der Waals surface area contributed by atoms with Crippen molar-refractivity contribution >= 4 is 18.3 Å². The molecule has 1 aromatic rings. The summed E-state index contributed by atoms with van der Waals surface area (Å²) < 4.78 is 0. The van der Waals surface area contributed by atoms with Crippen LogP contribution in [0.1, 0.15) is 23.1 Å². The number of hydrogen-bond acceptors (Lipinski definition) is 4. The Morgan fingerprint density at radius 2 is 2.06 bits per heavy atom. The lowest BCUT2D eigenvalue weighted by molar-refractivity contribution is 0.0948. The molecule has 0 unspecified atom stereocenters. The Balaban J connectivity index is 0.00000225. The quantitative estimate of drug-likeness (QED) is 0.743. The summed E-state index contributed by atoms with van der Waals surface area (Å²) in [5.41, 5.74) is 1.16. The second kappa shape index (κ2) is 8.01. The Labute approximate surface area is 101 Å². The zero-order valence-corrected chi connectivity index (χ0v) is 10.3. The fraction of sp³-hybridized carbons (Fsp3) is 0.500. The minimum Gasteiger partial charge on any atom is -0.349 e. The molecule has 90 valence electrons. The number of likely N-dealkylation sites (N-methyl/N-ethyl adjacent to an activating group) is 1. The summed E-state index contributed by atoms with van der Waals surface area (Å²) >= 11 is 0. The van der Waals surface area contributed by atoms with Crippen molar-refractivity contribution in [2.45, 2.75) is 13.8 Å². The van der Waals surface area contributed by atoms with Crippen molar-refractivity contribution in [1.29, 1.82) is 0 Å². The van der Waals surface area contributed by atoms with Crippen LogP contribution in [0.3, 0.4) is 0 Å². The van der Waals surface area contributed by atoms with Crippen LogP contribution in [0.15, 0.2) is 12.4 Å². The first-order chi connectivity index (χ1) is 7.24. The smallest absolute Gasteiger partial charge is 0.271 e. The van der Waals surface area contributed by atoms with E-state index in [4.69, 9.17) is 0 Å². The number of halogens is 1. The van der Waals surface area contributed by atoms with E-state index in [1.54, 1.807) is 6.20 Å². The van der Waals surface area contributed by atoms with Crippen LogP contribution in [0.4, 0.5) is 0 Å². The van der Waals surface area contributed by atoms with Crippen LogP contribution in [0.25, 0.3) is 0 Å². The van der Waals surface area contributed by atoms with Gasteiger partial charge in [0.25, 0.3) is 5.91 Å². The Morgan fingerprint density at radius 3 is 2.62 bits per heavy atom. The molecule has 0 aromatic carbocycles. The van der Waals surface area contributed by atoms with Gasteiger partial charge in [-0.3, -0.25) is 9.78 Å². The number of amides is 1. The molecule has 0 saturated heterocycles. The summed E-state index contributed by atoms with van der Waals surface area (Å²) in [5.74, 6) is -0.180. The van der Waals surface area contributed by atoms with E-state index >= 15 is 0 Å². The minimum absolute atomic E-state index is 0. The molecule has 0 aliphatic carbocycles. The number of carbonyl (C=O) groups excluding carboxylic acids is 1. The molecule has 0 spiro atoms. The van der Waals surface area contributed by atoms with Crippen molar-refractivity contribution in [2.75, 3.05) is 19.6 Å². The Bertz CT molecular complexity index is 315. The van der Waals surface area contributed by atoms with E-state index in [0.29, 0.717) is 12.2 Å². The van der Waals surface area contributed by atoms with Crippen molar-refractivity contribution in [3.05, 3.63) is 23.8 Å². The van der Waals surface area contributed by atoms with Crippen molar-refractivity contribution in [3.8, 4) is 0 Å². The van der Waals surface area contributed by atoms with Gasteiger partial charge in [0.05, 0.1) is 11.9 Å². The van der Waals surface area contributed by atoms with Crippen LogP contribution in [0.2, 0.25) is 0 Å². The molecule has 0 radical (unpaired) electrons. The van der Waals surface area contributed by atoms with Gasteiger partial charge >= 0.3 is 0 Å². The maximum Gasteiger partial charge on any atom is 0.271 e. The van der Waals surface area contributed by atoms with Gasteiger partial charge in [-0.25, -0.2) is 4.98 Å². The number of nitrogens with zero attached hydrogens (tertiary/aromatic N) is 2. The van der Waals surface area contributed by atoms with E-state index in [-0.39, 0.29) is 18.3 Å². The van der Waals surface area contributed by atoms with E-state index in [1.165, 1.54) is 6.20 Å². The molecule has 16 heavy (non-hydrogen) atoms. The summed E-state index contributed by atoms with van der Waals surface area (Å²) in [6.45, 7) is 6.12. The highest BCUT2D eigenvalue weighted by molar-refractivity contribution is 5.91. The third-order valence-corrected chi connectivity index (χ3v) is 1.85. The summed E-state index contributed by atoms with van der Waals surface area (Å²) in [6, 6.07) is 0. The lowest BCUT2D eigenvalue weighted by Gasteiger charge is -2.04. The first kappa shape index (κ1) is 14.8. The third-order valence-electron chi connectivity index (χ3n) is 1.85. The van der Waals surface area contributed by atoms with Gasteiger partial charge in [0.1, 0.15) is 5.69 Å². The Hall–Kier alpha value is -1.20. The topological polar surface area (TPSA) is 66.9 Å². The van der Waals surface area contributed by atoms with Crippen molar-refractivity contribution in [3.63, 3.8) is 0 Å². The van der Waals surface area contributed by atoms with Gasteiger partial charge in [0.15, 0.2) is 0 Å². The van der Waals surface area contributed by atoms with Crippen molar-refractivity contribution in [1.82, 2.24) is 20.6 Å². The number of aryl methyl sites for hydroxylation is 1. The monoisotopic (exact) mass is 244 g/mol. The van der Waals surface area contributed by atoms with Gasteiger partial charge in [-0.15, -0.1) is 12.4 Å². The molecule has 0 fully saturated rings.